The predicted molar refractivity (Wildman–Crippen MR) is 112 cm³/mol. The van der Waals surface area contributed by atoms with Crippen molar-refractivity contribution in [3.05, 3.63) is 63.3 Å². The quantitative estimate of drug-likeness (QED) is 0.357. The molecule has 0 spiro atoms. The van der Waals surface area contributed by atoms with Gasteiger partial charge in [0.2, 0.25) is 0 Å². The predicted octanol–water partition coefficient (Wildman–Crippen LogP) is 1.27. The molecule has 30 heavy (non-hydrogen) atoms. The van der Waals surface area contributed by atoms with E-state index in [0.717, 1.165) is 11.1 Å². The first-order valence-corrected chi connectivity index (χ1v) is 9.78. The van der Waals surface area contributed by atoms with Crippen LogP contribution in [-0.2, 0) is 17.6 Å². The second-order valence-corrected chi connectivity index (χ2v) is 7.18. The number of carbonyl (C=O) groups is 2. The molecule has 0 fully saturated rings. The number of fused-ring (bicyclic) bond motifs is 1. The van der Waals surface area contributed by atoms with Gasteiger partial charge in [0.25, 0.3) is 11.5 Å². The Labute approximate surface area is 172 Å². The fraction of sp³-hybridized carbons (Fsp3) is 0.333. The minimum atomic E-state index is -1.08. The van der Waals surface area contributed by atoms with Crippen LogP contribution < -0.4 is 16.6 Å². The molecule has 0 saturated carbocycles. The van der Waals surface area contributed by atoms with Gasteiger partial charge in [-0.1, -0.05) is 12.1 Å². The van der Waals surface area contributed by atoms with Gasteiger partial charge in [0.1, 0.15) is 17.5 Å². The lowest BCUT2D eigenvalue weighted by molar-refractivity contribution is -0.139. The summed E-state index contributed by atoms with van der Waals surface area (Å²) in [7, 11) is 0. The lowest BCUT2D eigenvalue weighted by Crippen LogP contribution is -2.41. The standard InChI is InChI=1S/C21H25N5O4/c1-12-24-18-17(20(28)25-12)15(11-23-18)9-6-13-4-7-14(8-5-13)19(27)26-16(21(29)30)3-2-10-22/h4-5,7-8,11,16H,2-3,6,9-10,22H2,1H3,(H,26,27)(H,29,30)(H2,23,24,25,28). The van der Waals surface area contributed by atoms with Crippen molar-refractivity contribution in [3.63, 3.8) is 0 Å². The lowest BCUT2D eigenvalue weighted by atomic mass is 10.0. The number of carboxylic acids is 1. The maximum Gasteiger partial charge on any atom is 0.326 e. The number of aryl methyl sites for hydroxylation is 3. The van der Waals surface area contributed by atoms with Crippen LogP contribution in [0.15, 0.2) is 35.3 Å². The second kappa shape index (κ2) is 9.36. The van der Waals surface area contributed by atoms with E-state index >= 15 is 0 Å². The Balaban J connectivity index is 1.64. The van der Waals surface area contributed by atoms with Crippen LogP contribution in [0.5, 0.6) is 0 Å². The van der Waals surface area contributed by atoms with Crippen molar-refractivity contribution in [3.8, 4) is 0 Å². The van der Waals surface area contributed by atoms with Gasteiger partial charge in [-0.2, -0.15) is 0 Å². The number of hydrogen-bond donors (Lipinski definition) is 5. The zero-order valence-electron chi connectivity index (χ0n) is 16.7. The molecule has 6 N–H and O–H groups in total. The van der Waals surface area contributed by atoms with E-state index in [-0.39, 0.29) is 12.0 Å². The maximum atomic E-state index is 12.3. The molecule has 0 aliphatic carbocycles. The Bertz CT molecular complexity index is 1100. The molecule has 0 aliphatic rings. The molecular weight excluding hydrogens is 386 g/mol. The van der Waals surface area contributed by atoms with E-state index < -0.39 is 17.9 Å². The van der Waals surface area contributed by atoms with Crippen LogP contribution in [-0.4, -0.2) is 44.5 Å². The van der Waals surface area contributed by atoms with Crippen LogP contribution in [0.1, 0.15) is 40.2 Å². The van der Waals surface area contributed by atoms with E-state index in [4.69, 9.17) is 5.73 Å². The highest BCUT2D eigenvalue weighted by molar-refractivity contribution is 5.96. The molecule has 1 amide bonds. The lowest BCUT2D eigenvalue weighted by Gasteiger charge is -2.14. The van der Waals surface area contributed by atoms with Gasteiger partial charge in [-0.05, 0) is 62.4 Å². The van der Waals surface area contributed by atoms with Crippen LogP contribution in [0, 0.1) is 6.92 Å². The van der Waals surface area contributed by atoms with Crippen molar-refractivity contribution < 1.29 is 14.7 Å². The summed E-state index contributed by atoms with van der Waals surface area (Å²) < 4.78 is 0. The first-order chi connectivity index (χ1) is 14.4. The summed E-state index contributed by atoms with van der Waals surface area (Å²) in [5, 5.41) is 12.3. The van der Waals surface area contributed by atoms with E-state index in [9.17, 15) is 19.5 Å². The Hall–Kier alpha value is -3.46. The average molecular weight is 411 g/mol. The highest BCUT2D eigenvalue weighted by Gasteiger charge is 2.20. The fourth-order valence-corrected chi connectivity index (χ4v) is 3.34. The Morgan fingerprint density at radius 1 is 1.23 bits per heavy atom. The summed E-state index contributed by atoms with van der Waals surface area (Å²) in [6, 6.07) is 6.02. The number of nitrogens with one attached hydrogen (secondary N) is 3. The number of rotatable bonds is 9. The van der Waals surface area contributed by atoms with Crippen LogP contribution in [0.3, 0.4) is 0 Å². The number of carboxylic acid groups (broad SMARTS) is 1. The normalized spacial score (nSPS) is 12.1. The number of nitrogens with two attached hydrogens (primary N) is 1. The number of H-pyrrole nitrogens is 2. The average Bonchev–Trinajstić information content (AvgIpc) is 3.12. The van der Waals surface area contributed by atoms with Crippen molar-refractivity contribution >= 4 is 22.9 Å². The van der Waals surface area contributed by atoms with Crippen molar-refractivity contribution in [1.82, 2.24) is 20.3 Å². The van der Waals surface area contributed by atoms with E-state index in [2.05, 4.69) is 20.3 Å². The molecule has 1 atom stereocenters. The van der Waals surface area contributed by atoms with Crippen LogP contribution in [0.25, 0.3) is 11.0 Å². The minimum absolute atomic E-state index is 0.164. The first kappa shape index (κ1) is 21.3. The monoisotopic (exact) mass is 411 g/mol. The Morgan fingerprint density at radius 3 is 2.63 bits per heavy atom. The van der Waals surface area contributed by atoms with E-state index in [1.165, 1.54) is 0 Å². The Morgan fingerprint density at radius 2 is 1.97 bits per heavy atom. The molecule has 2 heterocycles. The van der Waals surface area contributed by atoms with E-state index in [0.29, 0.717) is 48.2 Å². The van der Waals surface area contributed by atoms with Crippen molar-refractivity contribution in [2.45, 2.75) is 38.6 Å². The number of amides is 1. The zero-order chi connectivity index (χ0) is 21.7. The van der Waals surface area contributed by atoms with Gasteiger partial charge < -0.3 is 26.1 Å². The number of nitrogens with zero attached hydrogens (tertiary/aromatic N) is 1. The zero-order valence-corrected chi connectivity index (χ0v) is 16.7. The molecule has 0 aliphatic heterocycles. The van der Waals surface area contributed by atoms with Gasteiger partial charge in [-0.25, -0.2) is 9.78 Å². The summed E-state index contributed by atoms with van der Waals surface area (Å²) in [6.07, 6.45) is 3.91. The van der Waals surface area contributed by atoms with Gasteiger partial charge in [0.15, 0.2) is 0 Å². The molecule has 3 aromatic rings. The third-order valence-corrected chi connectivity index (χ3v) is 4.94. The topological polar surface area (TPSA) is 154 Å². The summed E-state index contributed by atoms with van der Waals surface area (Å²) >= 11 is 0. The van der Waals surface area contributed by atoms with Gasteiger partial charge in [-0.3, -0.25) is 9.59 Å². The fourth-order valence-electron chi connectivity index (χ4n) is 3.34. The molecule has 1 aromatic carbocycles. The SMILES string of the molecule is Cc1nc2[nH]cc(CCc3ccc(C(=O)NC(CCCN)C(=O)O)cc3)c2c(=O)[nH]1. The summed E-state index contributed by atoms with van der Waals surface area (Å²) in [5.74, 6) is -0.953. The molecule has 9 heteroatoms. The maximum absolute atomic E-state index is 12.3. The molecular formula is C21H25N5O4. The third-order valence-electron chi connectivity index (χ3n) is 4.94. The van der Waals surface area contributed by atoms with Crippen LogP contribution in [0.4, 0.5) is 0 Å². The van der Waals surface area contributed by atoms with Crippen LogP contribution in [0.2, 0.25) is 0 Å². The number of aromatic amines is 2. The van der Waals surface area contributed by atoms with Crippen LogP contribution >= 0.6 is 0 Å². The number of aliphatic carboxylic acids is 1. The number of carbonyl (C=O) groups excluding carboxylic acids is 1. The van der Waals surface area contributed by atoms with Gasteiger partial charge in [-0.15, -0.1) is 0 Å². The van der Waals surface area contributed by atoms with E-state index in [1.807, 2.05) is 12.1 Å². The van der Waals surface area contributed by atoms with Gasteiger partial charge >= 0.3 is 5.97 Å². The molecule has 3 rings (SSSR count). The highest BCUT2D eigenvalue weighted by atomic mass is 16.4. The first-order valence-electron chi connectivity index (χ1n) is 9.78. The van der Waals surface area contributed by atoms with Gasteiger partial charge in [0, 0.05) is 11.8 Å². The molecule has 0 saturated heterocycles. The number of hydrogen-bond acceptors (Lipinski definition) is 5. The molecule has 9 nitrogen and oxygen atoms in total. The molecule has 0 bridgehead atoms. The minimum Gasteiger partial charge on any atom is -0.480 e. The van der Waals surface area contributed by atoms with E-state index in [1.54, 1.807) is 25.3 Å². The summed E-state index contributed by atoms with van der Waals surface area (Å²) in [6.45, 7) is 2.10. The third kappa shape index (κ3) is 4.93. The summed E-state index contributed by atoms with van der Waals surface area (Å²) in [4.78, 5) is 45.9. The van der Waals surface area contributed by atoms with Crippen molar-refractivity contribution in [2.75, 3.05) is 6.54 Å². The van der Waals surface area contributed by atoms with Crippen molar-refractivity contribution in [2.24, 2.45) is 5.73 Å². The molecule has 0 radical (unpaired) electrons. The summed E-state index contributed by atoms with van der Waals surface area (Å²) in [5.41, 5.74) is 8.09. The highest BCUT2D eigenvalue weighted by Crippen LogP contribution is 2.15. The molecule has 1 unspecified atom stereocenters. The number of aromatic nitrogens is 3. The largest absolute Gasteiger partial charge is 0.480 e. The van der Waals surface area contributed by atoms with Crippen molar-refractivity contribution in [1.29, 1.82) is 0 Å². The number of benzene rings is 1. The molecule has 2 aromatic heterocycles. The smallest absolute Gasteiger partial charge is 0.326 e. The Kier molecular flexibility index (Phi) is 6.63. The molecule has 158 valence electrons. The second-order valence-electron chi connectivity index (χ2n) is 7.18. The van der Waals surface area contributed by atoms with Gasteiger partial charge in [0.05, 0.1) is 5.39 Å².